The zero-order valence-electron chi connectivity index (χ0n) is 12.2. The molecule has 1 N–H and O–H groups in total. The highest BCUT2D eigenvalue weighted by Crippen LogP contribution is 2.32. The zero-order valence-corrected chi connectivity index (χ0v) is 13.7. The van der Waals surface area contributed by atoms with Gasteiger partial charge in [-0.2, -0.15) is 0 Å². The summed E-state index contributed by atoms with van der Waals surface area (Å²) in [5.74, 6) is -0.820. The maximum Gasteiger partial charge on any atom is 0.313 e. The van der Waals surface area contributed by atoms with Crippen molar-refractivity contribution in [3.05, 3.63) is 23.2 Å². The standard InChI is InChI=1S/C15H19ClN2O2S/c1-3-5-11(4-2)18-13-7-6-10(16)8-12(13)17-15(18)21-9-14(19)20/h6-8,11H,3-5,9H2,1-2H3,(H,19,20). The van der Waals surface area contributed by atoms with E-state index in [1.807, 2.05) is 18.2 Å². The molecule has 1 aromatic heterocycles. The molecule has 0 spiro atoms. The van der Waals surface area contributed by atoms with Gasteiger partial charge < -0.3 is 9.67 Å². The van der Waals surface area contributed by atoms with E-state index in [9.17, 15) is 4.79 Å². The van der Waals surface area contributed by atoms with Crippen LogP contribution in [0.5, 0.6) is 0 Å². The fraction of sp³-hybridized carbons (Fsp3) is 0.467. The third-order valence-corrected chi connectivity index (χ3v) is 4.57. The van der Waals surface area contributed by atoms with Crippen LogP contribution >= 0.6 is 23.4 Å². The maximum absolute atomic E-state index is 10.8. The first kappa shape index (κ1) is 16.2. The van der Waals surface area contributed by atoms with Crippen LogP contribution in [-0.2, 0) is 4.79 Å². The number of aromatic nitrogens is 2. The molecular formula is C15H19ClN2O2S. The molecule has 0 aliphatic rings. The first-order valence-electron chi connectivity index (χ1n) is 7.08. The number of hydrogen-bond acceptors (Lipinski definition) is 3. The van der Waals surface area contributed by atoms with Gasteiger partial charge in [0.2, 0.25) is 0 Å². The summed E-state index contributed by atoms with van der Waals surface area (Å²) in [5, 5.41) is 10.3. The summed E-state index contributed by atoms with van der Waals surface area (Å²) < 4.78 is 2.17. The van der Waals surface area contributed by atoms with Crippen LogP contribution in [0.25, 0.3) is 11.0 Å². The van der Waals surface area contributed by atoms with Crippen LogP contribution in [0.4, 0.5) is 0 Å². The number of fused-ring (bicyclic) bond motifs is 1. The maximum atomic E-state index is 10.8. The van der Waals surface area contributed by atoms with Crippen molar-refractivity contribution in [2.45, 2.75) is 44.3 Å². The van der Waals surface area contributed by atoms with Gasteiger partial charge in [-0.05, 0) is 31.0 Å². The van der Waals surface area contributed by atoms with Crippen molar-refractivity contribution in [1.29, 1.82) is 0 Å². The molecule has 1 atom stereocenters. The van der Waals surface area contributed by atoms with E-state index in [-0.39, 0.29) is 5.75 Å². The minimum atomic E-state index is -0.833. The number of carboxylic acid groups (broad SMARTS) is 1. The summed E-state index contributed by atoms with van der Waals surface area (Å²) in [6, 6.07) is 5.98. The molecule has 0 aliphatic carbocycles. The van der Waals surface area contributed by atoms with Gasteiger partial charge in [0, 0.05) is 11.1 Å². The molecule has 0 bridgehead atoms. The average molecular weight is 327 g/mol. The lowest BCUT2D eigenvalue weighted by Crippen LogP contribution is -2.10. The van der Waals surface area contributed by atoms with E-state index in [0.29, 0.717) is 11.1 Å². The van der Waals surface area contributed by atoms with E-state index in [4.69, 9.17) is 16.7 Å². The molecule has 0 aliphatic heterocycles. The van der Waals surface area contributed by atoms with Gasteiger partial charge in [-0.3, -0.25) is 4.79 Å². The highest BCUT2D eigenvalue weighted by molar-refractivity contribution is 7.99. The predicted molar refractivity (Wildman–Crippen MR) is 87.3 cm³/mol. The summed E-state index contributed by atoms with van der Waals surface area (Å²) in [7, 11) is 0. The third-order valence-electron chi connectivity index (χ3n) is 3.40. The molecule has 0 radical (unpaired) electrons. The van der Waals surface area contributed by atoms with Crippen LogP contribution in [0.15, 0.2) is 23.4 Å². The second-order valence-corrected chi connectivity index (χ2v) is 6.31. The first-order valence-corrected chi connectivity index (χ1v) is 8.45. The van der Waals surface area contributed by atoms with Crippen molar-refractivity contribution < 1.29 is 9.90 Å². The van der Waals surface area contributed by atoms with Gasteiger partial charge in [0.25, 0.3) is 0 Å². The van der Waals surface area contributed by atoms with Crippen LogP contribution < -0.4 is 0 Å². The molecule has 21 heavy (non-hydrogen) atoms. The Morgan fingerprint density at radius 1 is 1.48 bits per heavy atom. The Morgan fingerprint density at radius 2 is 2.24 bits per heavy atom. The van der Waals surface area contributed by atoms with Gasteiger partial charge in [-0.15, -0.1) is 0 Å². The minimum Gasteiger partial charge on any atom is -0.481 e. The monoisotopic (exact) mass is 326 g/mol. The lowest BCUT2D eigenvalue weighted by Gasteiger charge is -2.19. The van der Waals surface area contributed by atoms with E-state index >= 15 is 0 Å². The van der Waals surface area contributed by atoms with Gasteiger partial charge in [-0.25, -0.2) is 4.98 Å². The lowest BCUT2D eigenvalue weighted by molar-refractivity contribution is -0.133. The lowest BCUT2D eigenvalue weighted by atomic mass is 10.1. The van der Waals surface area contributed by atoms with Crippen molar-refractivity contribution in [3.63, 3.8) is 0 Å². The molecule has 0 fully saturated rings. The number of halogens is 1. The molecule has 1 unspecified atom stereocenters. The van der Waals surface area contributed by atoms with Gasteiger partial charge in [-0.1, -0.05) is 43.6 Å². The number of imidazole rings is 1. The third kappa shape index (κ3) is 3.71. The quantitative estimate of drug-likeness (QED) is 0.754. The van der Waals surface area contributed by atoms with Crippen LogP contribution in [0.3, 0.4) is 0 Å². The van der Waals surface area contributed by atoms with E-state index < -0.39 is 5.97 Å². The Hall–Kier alpha value is -1.20. The molecule has 1 heterocycles. The minimum absolute atomic E-state index is 0.0135. The van der Waals surface area contributed by atoms with E-state index in [1.165, 1.54) is 11.8 Å². The van der Waals surface area contributed by atoms with Crippen LogP contribution in [0, 0.1) is 0 Å². The SMILES string of the molecule is CCCC(CC)n1c(SCC(=O)O)nc2cc(Cl)ccc21. The highest BCUT2D eigenvalue weighted by atomic mass is 35.5. The topological polar surface area (TPSA) is 55.1 Å². The molecule has 0 amide bonds. The van der Waals surface area contributed by atoms with Crippen LogP contribution in [-0.4, -0.2) is 26.4 Å². The van der Waals surface area contributed by atoms with Crippen molar-refractivity contribution in [2.24, 2.45) is 0 Å². The van der Waals surface area contributed by atoms with Crippen LogP contribution in [0.1, 0.15) is 39.2 Å². The van der Waals surface area contributed by atoms with E-state index in [1.54, 1.807) is 0 Å². The normalized spacial score (nSPS) is 12.7. The Kier molecular flexibility index (Phi) is 5.53. The summed E-state index contributed by atoms with van der Waals surface area (Å²) in [6.45, 7) is 4.30. The molecule has 2 aromatic rings. The summed E-state index contributed by atoms with van der Waals surface area (Å²) in [4.78, 5) is 15.4. The number of nitrogens with zero attached hydrogens (tertiary/aromatic N) is 2. The Labute approximate surface area is 133 Å². The van der Waals surface area contributed by atoms with E-state index in [0.717, 1.165) is 35.5 Å². The van der Waals surface area contributed by atoms with Gasteiger partial charge in [0.05, 0.1) is 16.8 Å². The Bertz CT molecular complexity index is 642. The molecule has 0 saturated heterocycles. The number of thioether (sulfide) groups is 1. The summed E-state index contributed by atoms with van der Waals surface area (Å²) in [5.41, 5.74) is 1.84. The molecule has 0 saturated carbocycles. The number of benzene rings is 1. The second kappa shape index (κ2) is 7.18. The molecule has 4 nitrogen and oxygen atoms in total. The smallest absolute Gasteiger partial charge is 0.313 e. The number of carboxylic acids is 1. The predicted octanol–water partition coefficient (Wildman–Crippen LogP) is 4.62. The Balaban J connectivity index is 2.50. The van der Waals surface area contributed by atoms with E-state index in [2.05, 4.69) is 23.4 Å². The average Bonchev–Trinajstić information content (AvgIpc) is 2.79. The van der Waals surface area contributed by atoms with Crippen molar-refractivity contribution in [2.75, 3.05) is 5.75 Å². The first-order chi connectivity index (χ1) is 10.1. The number of hydrogen-bond donors (Lipinski definition) is 1. The molecular weight excluding hydrogens is 308 g/mol. The number of carbonyl (C=O) groups is 1. The van der Waals surface area contributed by atoms with Gasteiger partial charge in [0.1, 0.15) is 0 Å². The molecule has 2 rings (SSSR count). The van der Waals surface area contributed by atoms with Crippen molar-refractivity contribution in [1.82, 2.24) is 9.55 Å². The fourth-order valence-corrected chi connectivity index (χ4v) is 3.45. The van der Waals surface area contributed by atoms with Gasteiger partial charge >= 0.3 is 5.97 Å². The van der Waals surface area contributed by atoms with Crippen molar-refractivity contribution in [3.8, 4) is 0 Å². The Morgan fingerprint density at radius 3 is 2.86 bits per heavy atom. The largest absolute Gasteiger partial charge is 0.481 e. The molecule has 6 heteroatoms. The summed E-state index contributed by atoms with van der Waals surface area (Å²) >= 11 is 7.30. The van der Waals surface area contributed by atoms with Crippen molar-refractivity contribution >= 4 is 40.4 Å². The highest BCUT2D eigenvalue weighted by Gasteiger charge is 2.18. The molecule has 114 valence electrons. The number of aliphatic carboxylic acids is 1. The van der Waals surface area contributed by atoms with Crippen LogP contribution in [0.2, 0.25) is 5.02 Å². The van der Waals surface area contributed by atoms with Gasteiger partial charge in [0.15, 0.2) is 5.16 Å². The molecule has 1 aromatic carbocycles. The fourth-order valence-electron chi connectivity index (χ4n) is 2.48. The second-order valence-electron chi connectivity index (χ2n) is 4.93. The number of rotatable bonds is 7. The zero-order chi connectivity index (χ0) is 15.4. The summed E-state index contributed by atoms with van der Waals surface area (Å²) in [6.07, 6.45) is 3.11.